The third-order valence-corrected chi connectivity index (χ3v) is 6.40. The summed E-state index contributed by atoms with van der Waals surface area (Å²) in [4.78, 5) is 21.0. The predicted octanol–water partition coefficient (Wildman–Crippen LogP) is 4.67. The summed E-state index contributed by atoms with van der Waals surface area (Å²) in [6.45, 7) is 2.17. The lowest BCUT2D eigenvalue weighted by Crippen LogP contribution is -2.31. The zero-order valence-electron chi connectivity index (χ0n) is 16.8. The third kappa shape index (κ3) is 4.42. The number of phenolic OH excluding ortho intramolecular Hbond substituents is 1. The fourth-order valence-electron chi connectivity index (χ4n) is 4.19. The summed E-state index contributed by atoms with van der Waals surface area (Å²) in [7, 11) is 0. The number of nitrogens with two attached hydrogens (primary N) is 1. The molecule has 0 radical (unpaired) electrons. The van der Waals surface area contributed by atoms with Gasteiger partial charge in [0.05, 0.1) is 17.4 Å². The maximum Gasteiger partial charge on any atom is 0.275 e. The monoisotopic (exact) mass is 444 g/mol. The second-order valence-electron chi connectivity index (χ2n) is 7.98. The van der Waals surface area contributed by atoms with Crippen molar-refractivity contribution in [1.82, 2.24) is 9.97 Å². The SMILES string of the molecule is C[C@H]1CC(c2ccncc2NC(=O)c2csc(-c3c(F)ccc(O)c3F)n2)C[C@@H](N)C1. The molecule has 1 saturated carbocycles. The number of aromatic nitrogens is 2. The van der Waals surface area contributed by atoms with Crippen LogP contribution in [0.25, 0.3) is 10.6 Å². The Morgan fingerprint density at radius 3 is 2.84 bits per heavy atom. The number of rotatable bonds is 4. The van der Waals surface area contributed by atoms with Crippen LogP contribution in [0.4, 0.5) is 14.5 Å². The number of nitrogens with one attached hydrogen (secondary N) is 1. The second kappa shape index (κ2) is 8.68. The number of halogens is 2. The summed E-state index contributed by atoms with van der Waals surface area (Å²) in [6.07, 6.45) is 6.04. The Balaban J connectivity index is 1.58. The van der Waals surface area contributed by atoms with Gasteiger partial charge >= 0.3 is 0 Å². The molecule has 0 aliphatic heterocycles. The van der Waals surface area contributed by atoms with E-state index in [0.29, 0.717) is 11.6 Å². The molecular weight excluding hydrogens is 422 g/mol. The standard InChI is InChI=1S/C22H22F2N4O2S/c1-11-6-12(8-13(25)7-11)14-4-5-26-9-16(14)27-21(30)17-10-31-22(28-17)19-15(23)2-3-18(29)20(19)24/h2-5,9-13,29H,6-8,25H2,1H3,(H,27,30)/t11-,12?,13-/m0/s1. The van der Waals surface area contributed by atoms with Crippen molar-refractivity contribution < 1.29 is 18.7 Å². The highest BCUT2D eigenvalue weighted by Crippen LogP contribution is 2.38. The molecule has 4 rings (SSSR count). The van der Waals surface area contributed by atoms with Gasteiger partial charge in [0.1, 0.15) is 16.5 Å². The molecule has 0 bridgehead atoms. The Bertz CT molecular complexity index is 1110. The molecule has 1 amide bonds. The van der Waals surface area contributed by atoms with E-state index in [1.807, 2.05) is 6.07 Å². The summed E-state index contributed by atoms with van der Waals surface area (Å²) in [5, 5.41) is 13.7. The maximum absolute atomic E-state index is 14.2. The average molecular weight is 445 g/mol. The molecule has 3 aromatic rings. The zero-order chi connectivity index (χ0) is 22.1. The normalized spacial score (nSPS) is 21.1. The number of hydrogen-bond donors (Lipinski definition) is 3. The van der Waals surface area contributed by atoms with Crippen LogP contribution in [0.1, 0.15) is 48.2 Å². The molecule has 0 saturated heterocycles. The van der Waals surface area contributed by atoms with Gasteiger partial charge in [0.2, 0.25) is 0 Å². The third-order valence-electron chi connectivity index (χ3n) is 5.54. The van der Waals surface area contributed by atoms with Crippen LogP contribution in [-0.4, -0.2) is 27.0 Å². The molecule has 3 atom stereocenters. The van der Waals surface area contributed by atoms with Crippen molar-refractivity contribution in [2.24, 2.45) is 11.7 Å². The largest absolute Gasteiger partial charge is 0.505 e. The van der Waals surface area contributed by atoms with Crippen LogP contribution >= 0.6 is 11.3 Å². The number of nitrogens with zero attached hydrogens (tertiary/aromatic N) is 2. The first-order valence-electron chi connectivity index (χ1n) is 9.97. The minimum absolute atomic E-state index is 0.0191. The fraction of sp³-hybridized carbons (Fsp3) is 0.318. The van der Waals surface area contributed by atoms with E-state index in [2.05, 4.69) is 22.2 Å². The topological polar surface area (TPSA) is 101 Å². The number of aromatic hydroxyl groups is 1. The summed E-state index contributed by atoms with van der Waals surface area (Å²) in [6, 6.07) is 3.87. The molecule has 31 heavy (non-hydrogen) atoms. The van der Waals surface area contributed by atoms with Crippen LogP contribution < -0.4 is 11.1 Å². The average Bonchev–Trinajstić information content (AvgIpc) is 3.21. The molecule has 1 fully saturated rings. The van der Waals surface area contributed by atoms with Crippen molar-refractivity contribution in [3.8, 4) is 16.3 Å². The van der Waals surface area contributed by atoms with Gasteiger partial charge in [0, 0.05) is 17.6 Å². The van der Waals surface area contributed by atoms with Gasteiger partial charge in [0.25, 0.3) is 5.91 Å². The highest BCUT2D eigenvalue weighted by molar-refractivity contribution is 7.13. The van der Waals surface area contributed by atoms with Crippen molar-refractivity contribution in [2.75, 3.05) is 5.32 Å². The minimum Gasteiger partial charge on any atom is -0.505 e. The zero-order valence-corrected chi connectivity index (χ0v) is 17.6. The molecule has 1 unspecified atom stereocenters. The van der Waals surface area contributed by atoms with Crippen LogP contribution in [0.5, 0.6) is 5.75 Å². The van der Waals surface area contributed by atoms with E-state index >= 15 is 0 Å². The van der Waals surface area contributed by atoms with Gasteiger partial charge in [0.15, 0.2) is 11.6 Å². The van der Waals surface area contributed by atoms with Gasteiger partial charge in [-0.3, -0.25) is 9.78 Å². The summed E-state index contributed by atoms with van der Waals surface area (Å²) < 4.78 is 28.3. The highest BCUT2D eigenvalue weighted by atomic mass is 32.1. The van der Waals surface area contributed by atoms with Crippen LogP contribution in [-0.2, 0) is 0 Å². The smallest absolute Gasteiger partial charge is 0.275 e. The molecule has 2 heterocycles. The molecule has 9 heteroatoms. The van der Waals surface area contributed by atoms with Crippen LogP contribution in [0.3, 0.4) is 0 Å². The van der Waals surface area contributed by atoms with E-state index in [1.165, 1.54) is 5.38 Å². The predicted molar refractivity (Wildman–Crippen MR) is 115 cm³/mol. The van der Waals surface area contributed by atoms with E-state index in [1.54, 1.807) is 12.4 Å². The van der Waals surface area contributed by atoms with Gasteiger partial charge in [-0.25, -0.2) is 13.8 Å². The molecule has 6 nitrogen and oxygen atoms in total. The molecular formula is C22H22F2N4O2S. The highest BCUT2D eigenvalue weighted by Gasteiger charge is 2.28. The summed E-state index contributed by atoms with van der Waals surface area (Å²) >= 11 is 0.916. The fourth-order valence-corrected chi connectivity index (χ4v) is 5.03. The van der Waals surface area contributed by atoms with Crippen molar-refractivity contribution in [2.45, 2.75) is 38.1 Å². The van der Waals surface area contributed by atoms with E-state index in [-0.39, 0.29) is 22.7 Å². The lowest BCUT2D eigenvalue weighted by Gasteiger charge is -2.32. The van der Waals surface area contributed by atoms with Crippen molar-refractivity contribution in [1.29, 1.82) is 0 Å². The first-order valence-corrected chi connectivity index (χ1v) is 10.8. The summed E-state index contributed by atoms with van der Waals surface area (Å²) in [5.41, 5.74) is 7.29. The number of carbonyl (C=O) groups excluding carboxylic acids is 1. The molecule has 1 aliphatic carbocycles. The van der Waals surface area contributed by atoms with Gasteiger partial charge < -0.3 is 16.2 Å². The number of amides is 1. The Labute approximate surface area is 182 Å². The van der Waals surface area contributed by atoms with Crippen molar-refractivity contribution in [3.05, 3.63) is 58.9 Å². The minimum atomic E-state index is -1.11. The van der Waals surface area contributed by atoms with E-state index < -0.39 is 28.9 Å². The van der Waals surface area contributed by atoms with Crippen LogP contribution in [0.2, 0.25) is 0 Å². The number of pyridine rings is 1. The Kier molecular flexibility index (Phi) is 5.97. The molecule has 0 spiro atoms. The first-order chi connectivity index (χ1) is 14.8. The molecule has 2 aromatic heterocycles. The van der Waals surface area contributed by atoms with E-state index in [4.69, 9.17) is 5.73 Å². The van der Waals surface area contributed by atoms with E-state index in [0.717, 1.165) is 48.3 Å². The number of benzene rings is 1. The van der Waals surface area contributed by atoms with Gasteiger partial charge in [-0.2, -0.15) is 0 Å². The Morgan fingerprint density at radius 1 is 1.26 bits per heavy atom. The number of carbonyl (C=O) groups is 1. The maximum atomic E-state index is 14.2. The van der Waals surface area contributed by atoms with Crippen molar-refractivity contribution in [3.63, 3.8) is 0 Å². The lowest BCUT2D eigenvalue weighted by atomic mass is 9.76. The van der Waals surface area contributed by atoms with Crippen molar-refractivity contribution >= 4 is 22.9 Å². The molecule has 1 aromatic carbocycles. The molecule has 1 aliphatic rings. The van der Waals surface area contributed by atoms with E-state index in [9.17, 15) is 18.7 Å². The number of hydrogen-bond acceptors (Lipinski definition) is 6. The van der Waals surface area contributed by atoms with Gasteiger partial charge in [-0.05, 0) is 54.9 Å². The van der Waals surface area contributed by atoms with Crippen LogP contribution in [0.15, 0.2) is 36.0 Å². The van der Waals surface area contributed by atoms with Gasteiger partial charge in [-0.15, -0.1) is 11.3 Å². The number of anilines is 1. The van der Waals surface area contributed by atoms with Crippen LogP contribution in [0, 0.1) is 17.6 Å². The number of phenols is 1. The Hall–Kier alpha value is -2.91. The quantitative estimate of drug-likeness (QED) is 0.543. The van der Waals surface area contributed by atoms with Gasteiger partial charge in [-0.1, -0.05) is 6.92 Å². The summed E-state index contributed by atoms with van der Waals surface area (Å²) in [5.74, 6) is -2.48. The molecule has 162 valence electrons. The first kappa shape index (κ1) is 21.3. The molecule has 4 N–H and O–H groups in total. The lowest BCUT2D eigenvalue weighted by molar-refractivity contribution is 0.102. The second-order valence-corrected chi connectivity index (χ2v) is 8.84. The Morgan fingerprint density at radius 2 is 2.06 bits per heavy atom. The number of thiazole rings is 1.